The zero-order valence-corrected chi connectivity index (χ0v) is 17.0. The fraction of sp³-hybridized carbons (Fsp3) is 0.500. The second-order valence-electron chi connectivity index (χ2n) is 7.42. The minimum Gasteiger partial charge on any atom is -0.444 e. The smallest absolute Gasteiger partial charge is 0.410 e. The molecular weight excluding hydrogens is 402 g/mol. The van der Waals surface area contributed by atoms with Crippen LogP contribution in [0.1, 0.15) is 39.2 Å². The number of benzene rings is 1. The fourth-order valence-electron chi connectivity index (χ4n) is 2.99. The van der Waals surface area contributed by atoms with E-state index in [0.717, 1.165) is 15.7 Å². The van der Waals surface area contributed by atoms with Gasteiger partial charge < -0.3 is 15.0 Å². The number of carbonyl (C=O) groups excluding carboxylic acids is 1. The van der Waals surface area contributed by atoms with E-state index in [4.69, 9.17) is 21.9 Å². The number of halogens is 1. The maximum Gasteiger partial charge on any atom is 0.410 e. The summed E-state index contributed by atoms with van der Waals surface area (Å²) in [4.78, 5) is 19.5. The van der Waals surface area contributed by atoms with Crippen LogP contribution in [0.3, 0.4) is 0 Å². The van der Waals surface area contributed by atoms with Crippen molar-refractivity contribution in [1.29, 1.82) is 0 Å². The highest BCUT2D eigenvalue weighted by atomic mass is 79.9. The van der Waals surface area contributed by atoms with Crippen LogP contribution in [0.2, 0.25) is 0 Å². The number of amides is 1. The van der Waals surface area contributed by atoms with Gasteiger partial charge in [-0.2, -0.15) is 0 Å². The molecule has 2 heterocycles. The third-order valence-electron chi connectivity index (χ3n) is 4.25. The van der Waals surface area contributed by atoms with Crippen molar-refractivity contribution in [2.75, 3.05) is 13.1 Å². The number of rotatable bonds is 1. The average Bonchev–Trinajstić information content (AvgIpc) is 2.83. The number of hydrogen-bond donors (Lipinski definition) is 1. The lowest BCUT2D eigenvalue weighted by atomic mass is 9.98. The molecule has 1 aromatic rings. The lowest BCUT2D eigenvalue weighted by molar-refractivity contribution is 0.0165. The number of hydrogen-bond acceptors (Lipinski definition) is 4. The Kier molecular flexibility index (Phi) is 4.90. The van der Waals surface area contributed by atoms with Gasteiger partial charge in [-0.15, -0.1) is 0 Å². The number of carbonyl (C=O) groups is 1. The van der Waals surface area contributed by atoms with E-state index in [0.29, 0.717) is 30.9 Å². The van der Waals surface area contributed by atoms with Crippen molar-refractivity contribution in [3.63, 3.8) is 0 Å². The van der Waals surface area contributed by atoms with Gasteiger partial charge in [0, 0.05) is 36.0 Å². The Hall–Kier alpha value is -1.47. The molecule has 0 radical (unpaired) electrons. The minimum atomic E-state index is -0.480. The van der Waals surface area contributed by atoms with E-state index in [2.05, 4.69) is 21.2 Å². The van der Waals surface area contributed by atoms with E-state index >= 15 is 0 Å². The molecule has 1 saturated heterocycles. The SMILES string of the molecule is CC(C)(C)OC(=O)N1CCC2(CC1)N=C(c1ccc(Br)cc1)C(=S)N2. The lowest BCUT2D eigenvalue weighted by Crippen LogP contribution is -2.52. The van der Waals surface area contributed by atoms with E-state index in [1.807, 2.05) is 45.0 Å². The summed E-state index contributed by atoms with van der Waals surface area (Å²) in [5, 5.41) is 3.38. The van der Waals surface area contributed by atoms with Gasteiger partial charge in [-0.05, 0) is 32.9 Å². The van der Waals surface area contributed by atoms with Crippen LogP contribution in [-0.2, 0) is 4.74 Å². The molecule has 1 aromatic carbocycles. The van der Waals surface area contributed by atoms with Gasteiger partial charge in [-0.1, -0.05) is 40.3 Å². The van der Waals surface area contributed by atoms with E-state index in [9.17, 15) is 4.79 Å². The van der Waals surface area contributed by atoms with Gasteiger partial charge in [0.25, 0.3) is 0 Å². The third-order valence-corrected chi connectivity index (χ3v) is 5.07. The van der Waals surface area contributed by atoms with Gasteiger partial charge in [0.15, 0.2) is 0 Å². The number of ether oxygens (including phenoxy) is 1. The molecule has 7 heteroatoms. The van der Waals surface area contributed by atoms with Crippen molar-refractivity contribution in [1.82, 2.24) is 10.2 Å². The maximum atomic E-state index is 12.2. The number of likely N-dealkylation sites (tertiary alicyclic amines) is 1. The van der Waals surface area contributed by atoms with Crippen molar-refractivity contribution in [3.05, 3.63) is 34.3 Å². The highest BCUT2D eigenvalue weighted by molar-refractivity contribution is 9.10. The highest BCUT2D eigenvalue weighted by Gasteiger charge is 2.41. The Morgan fingerprint density at radius 1 is 1.28 bits per heavy atom. The van der Waals surface area contributed by atoms with Gasteiger partial charge in [0.05, 0.1) is 0 Å². The van der Waals surface area contributed by atoms with Gasteiger partial charge in [-0.25, -0.2) is 4.79 Å². The summed E-state index contributed by atoms with van der Waals surface area (Å²) in [6.07, 6.45) is 1.17. The van der Waals surface area contributed by atoms with Crippen LogP contribution in [-0.4, -0.2) is 46.0 Å². The van der Waals surface area contributed by atoms with Crippen LogP contribution in [0.15, 0.2) is 33.7 Å². The Morgan fingerprint density at radius 3 is 2.44 bits per heavy atom. The zero-order valence-electron chi connectivity index (χ0n) is 14.6. The number of piperidine rings is 1. The molecule has 0 aromatic heterocycles. The predicted molar refractivity (Wildman–Crippen MR) is 106 cm³/mol. The van der Waals surface area contributed by atoms with Crippen LogP contribution in [0.4, 0.5) is 4.79 Å². The molecule has 25 heavy (non-hydrogen) atoms. The third kappa shape index (κ3) is 4.20. The molecule has 0 atom stereocenters. The maximum absolute atomic E-state index is 12.2. The highest BCUT2D eigenvalue weighted by Crippen LogP contribution is 2.30. The van der Waals surface area contributed by atoms with E-state index < -0.39 is 11.3 Å². The van der Waals surface area contributed by atoms with Crippen LogP contribution in [0, 0.1) is 0 Å². The Bertz CT molecular complexity index is 717. The quantitative estimate of drug-likeness (QED) is 0.695. The Balaban J connectivity index is 1.70. The molecule has 5 nitrogen and oxygen atoms in total. The fourth-order valence-corrected chi connectivity index (χ4v) is 3.61. The van der Waals surface area contributed by atoms with Crippen LogP contribution < -0.4 is 5.32 Å². The van der Waals surface area contributed by atoms with E-state index in [1.54, 1.807) is 4.90 Å². The Labute approximate surface area is 162 Å². The summed E-state index contributed by atoms with van der Waals surface area (Å²) in [6.45, 7) is 6.83. The molecule has 1 N–H and O–H groups in total. The molecule has 1 amide bonds. The predicted octanol–water partition coefficient (Wildman–Crippen LogP) is 3.90. The van der Waals surface area contributed by atoms with Gasteiger partial charge in [-0.3, -0.25) is 4.99 Å². The normalized spacial score (nSPS) is 19.6. The van der Waals surface area contributed by atoms with Crippen LogP contribution in [0.25, 0.3) is 0 Å². The second kappa shape index (κ2) is 6.68. The van der Waals surface area contributed by atoms with Crippen LogP contribution >= 0.6 is 28.1 Å². The molecular formula is C18H22BrN3O2S. The number of nitrogens with zero attached hydrogens (tertiary/aromatic N) is 2. The summed E-state index contributed by atoms with van der Waals surface area (Å²) in [7, 11) is 0. The summed E-state index contributed by atoms with van der Waals surface area (Å²) in [5.41, 5.74) is 0.949. The molecule has 3 rings (SSSR count). The topological polar surface area (TPSA) is 53.9 Å². The molecule has 0 saturated carbocycles. The lowest BCUT2D eigenvalue weighted by Gasteiger charge is -2.38. The summed E-state index contributed by atoms with van der Waals surface area (Å²) in [5.74, 6) is 0. The first-order chi connectivity index (χ1) is 11.7. The molecule has 1 fully saturated rings. The summed E-state index contributed by atoms with van der Waals surface area (Å²) in [6, 6.07) is 7.98. The molecule has 0 bridgehead atoms. The number of nitrogens with one attached hydrogen (secondary N) is 1. The van der Waals surface area contributed by atoms with E-state index in [-0.39, 0.29) is 6.09 Å². The minimum absolute atomic E-state index is 0.264. The molecule has 0 unspecified atom stereocenters. The van der Waals surface area contributed by atoms with Gasteiger partial charge in [0.2, 0.25) is 0 Å². The van der Waals surface area contributed by atoms with Gasteiger partial charge >= 0.3 is 6.09 Å². The summed E-state index contributed by atoms with van der Waals surface area (Å²) >= 11 is 8.95. The van der Waals surface area contributed by atoms with Crippen LogP contribution in [0.5, 0.6) is 0 Å². The van der Waals surface area contributed by atoms with E-state index in [1.165, 1.54) is 0 Å². The second-order valence-corrected chi connectivity index (χ2v) is 8.74. The first-order valence-corrected chi connectivity index (χ1v) is 9.54. The molecule has 0 aliphatic carbocycles. The number of thiocarbonyl (C=S) groups is 1. The van der Waals surface area contributed by atoms with Crippen molar-refractivity contribution in [3.8, 4) is 0 Å². The molecule has 1 spiro atoms. The molecule has 134 valence electrons. The molecule has 2 aliphatic heterocycles. The monoisotopic (exact) mass is 423 g/mol. The van der Waals surface area contributed by atoms with Crippen molar-refractivity contribution in [2.45, 2.75) is 44.9 Å². The standard InChI is InChI=1S/C18H22BrN3O2S/c1-17(2,3)24-16(23)22-10-8-18(9-11-22)20-14(15(25)21-18)12-4-6-13(19)7-5-12/h4-7H,8-11H2,1-3H3,(H,21,25). The zero-order chi connectivity index (χ0) is 18.2. The largest absolute Gasteiger partial charge is 0.444 e. The first kappa shape index (κ1) is 18.3. The van der Waals surface area contributed by atoms with Crippen molar-refractivity contribution < 1.29 is 9.53 Å². The van der Waals surface area contributed by atoms with Gasteiger partial charge in [0.1, 0.15) is 22.0 Å². The van der Waals surface area contributed by atoms with Crippen molar-refractivity contribution >= 4 is 44.9 Å². The number of aliphatic imine (C=N–C) groups is 1. The Morgan fingerprint density at radius 2 is 1.88 bits per heavy atom. The first-order valence-electron chi connectivity index (χ1n) is 8.34. The molecule has 2 aliphatic rings. The average molecular weight is 424 g/mol. The van der Waals surface area contributed by atoms with Crippen molar-refractivity contribution in [2.24, 2.45) is 4.99 Å². The summed E-state index contributed by atoms with van der Waals surface area (Å²) < 4.78 is 6.47.